The highest BCUT2D eigenvalue weighted by Gasteiger charge is 2.42. The Hall–Kier alpha value is -1.14. The second-order valence-corrected chi connectivity index (χ2v) is 5.17. The molecule has 0 radical (unpaired) electrons. The first-order valence-corrected chi connectivity index (χ1v) is 6.62. The van der Waals surface area contributed by atoms with Crippen LogP contribution in [0.1, 0.15) is 19.8 Å². The zero-order chi connectivity index (χ0) is 14.4. The maximum Gasteiger partial charge on any atom is 0.307 e. The van der Waals surface area contributed by atoms with Crippen LogP contribution < -0.4 is 0 Å². The summed E-state index contributed by atoms with van der Waals surface area (Å²) in [4.78, 5) is 25.1. The predicted molar refractivity (Wildman–Crippen MR) is 68.6 cm³/mol. The fourth-order valence-electron chi connectivity index (χ4n) is 2.73. The summed E-state index contributed by atoms with van der Waals surface area (Å²) >= 11 is 0. The summed E-state index contributed by atoms with van der Waals surface area (Å²) in [5.74, 6) is -1.92. The van der Waals surface area contributed by atoms with Gasteiger partial charge in [0.2, 0.25) is 5.91 Å². The number of carboxylic acids is 1. The summed E-state index contributed by atoms with van der Waals surface area (Å²) < 4.78 is 4.94. The Balaban J connectivity index is 2.73. The van der Waals surface area contributed by atoms with Gasteiger partial charge in [0.25, 0.3) is 0 Å². The maximum absolute atomic E-state index is 12.4. The van der Waals surface area contributed by atoms with Crippen molar-refractivity contribution in [1.29, 1.82) is 0 Å². The quantitative estimate of drug-likeness (QED) is 0.692. The summed E-state index contributed by atoms with van der Waals surface area (Å²) in [5.41, 5.74) is 0. The van der Waals surface area contributed by atoms with Gasteiger partial charge in [-0.2, -0.15) is 0 Å². The van der Waals surface area contributed by atoms with Crippen LogP contribution in [0.4, 0.5) is 0 Å². The molecule has 0 heterocycles. The Morgan fingerprint density at radius 2 is 1.89 bits per heavy atom. The minimum absolute atomic E-state index is 0.129. The molecule has 0 aliphatic heterocycles. The molecule has 0 spiro atoms. The number of carbonyl (C=O) groups is 2. The molecule has 1 amide bonds. The molecule has 0 bridgehead atoms. The molecule has 0 aromatic carbocycles. The van der Waals surface area contributed by atoms with Crippen LogP contribution in [-0.4, -0.2) is 60.4 Å². The number of rotatable bonds is 7. The highest BCUT2D eigenvalue weighted by molar-refractivity contribution is 5.85. The monoisotopic (exact) mass is 273 g/mol. The van der Waals surface area contributed by atoms with E-state index in [1.54, 1.807) is 7.11 Å². The van der Waals surface area contributed by atoms with Crippen molar-refractivity contribution in [3.8, 4) is 0 Å². The van der Waals surface area contributed by atoms with Crippen LogP contribution in [0.15, 0.2) is 0 Å². The van der Waals surface area contributed by atoms with Crippen LogP contribution >= 0.6 is 0 Å². The zero-order valence-electron chi connectivity index (χ0n) is 11.5. The molecule has 0 saturated heterocycles. The number of aliphatic carboxylic acids is 1. The van der Waals surface area contributed by atoms with E-state index in [9.17, 15) is 14.7 Å². The molecule has 0 aromatic rings. The van der Waals surface area contributed by atoms with Gasteiger partial charge >= 0.3 is 5.97 Å². The number of methoxy groups -OCH3 is 1. The molecule has 6 heteroatoms. The standard InChI is InChI=1S/C13H23NO5/c1-9-7-10(11(8-9)13(17)18)12(16)14(3-5-15)4-6-19-2/h9-11,15H,3-8H2,1-2H3,(H,17,18). The number of hydrogen-bond donors (Lipinski definition) is 2. The molecule has 1 aliphatic rings. The largest absolute Gasteiger partial charge is 0.481 e. The van der Waals surface area contributed by atoms with E-state index in [4.69, 9.17) is 9.84 Å². The van der Waals surface area contributed by atoms with Crippen molar-refractivity contribution < 1.29 is 24.5 Å². The van der Waals surface area contributed by atoms with Crippen molar-refractivity contribution >= 4 is 11.9 Å². The number of hydrogen-bond acceptors (Lipinski definition) is 4. The van der Waals surface area contributed by atoms with E-state index in [1.165, 1.54) is 4.90 Å². The van der Waals surface area contributed by atoms with Gasteiger partial charge in [-0.05, 0) is 18.8 Å². The lowest BCUT2D eigenvalue weighted by atomic mass is 9.94. The minimum Gasteiger partial charge on any atom is -0.481 e. The lowest BCUT2D eigenvalue weighted by molar-refractivity contribution is -0.149. The molecule has 110 valence electrons. The van der Waals surface area contributed by atoms with E-state index in [0.717, 1.165) is 0 Å². The highest BCUT2D eigenvalue weighted by Crippen LogP contribution is 2.37. The molecular weight excluding hydrogens is 250 g/mol. The number of aliphatic hydroxyl groups excluding tert-OH is 1. The van der Waals surface area contributed by atoms with Gasteiger partial charge in [-0.1, -0.05) is 6.92 Å². The van der Waals surface area contributed by atoms with Crippen molar-refractivity contribution in [2.24, 2.45) is 17.8 Å². The van der Waals surface area contributed by atoms with Crippen LogP contribution in [0.5, 0.6) is 0 Å². The smallest absolute Gasteiger partial charge is 0.307 e. The topological polar surface area (TPSA) is 87.1 Å². The molecule has 1 rings (SSSR count). The second kappa shape index (κ2) is 7.45. The lowest BCUT2D eigenvalue weighted by Gasteiger charge is -2.26. The molecule has 3 atom stereocenters. The molecule has 0 aromatic heterocycles. The Morgan fingerprint density at radius 1 is 1.26 bits per heavy atom. The number of amides is 1. The van der Waals surface area contributed by atoms with Crippen molar-refractivity contribution in [3.63, 3.8) is 0 Å². The van der Waals surface area contributed by atoms with Crippen LogP contribution in [-0.2, 0) is 14.3 Å². The second-order valence-electron chi connectivity index (χ2n) is 5.17. The Bertz CT molecular complexity index is 320. The first-order chi connectivity index (χ1) is 9.01. The molecule has 1 aliphatic carbocycles. The molecule has 1 saturated carbocycles. The normalized spacial score (nSPS) is 26.4. The van der Waals surface area contributed by atoms with Crippen molar-refractivity contribution in [1.82, 2.24) is 4.90 Å². The third-order valence-electron chi connectivity index (χ3n) is 3.68. The summed E-state index contributed by atoms with van der Waals surface area (Å²) in [6.07, 6.45) is 1.15. The number of aliphatic hydroxyl groups is 1. The molecule has 3 unspecified atom stereocenters. The van der Waals surface area contributed by atoms with Crippen LogP contribution in [0.3, 0.4) is 0 Å². The van der Waals surface area contributed by atoms with Gasteiger partial charge in [-0.15, -0.1) is 0 Å². The number of ether oxygens (including phenoxy) is 1. The van der Waals surface area contributed by atoms with Gasteiger partial charge in [0.1, 0.15) is 0 Å². The fraction of sp³-hybridized carbons (Fsp3) is 0.846. The fourth-order valence-corrected chi connectivity index (χ4v) is 2.73. The summed E-state index contributed by atoms with van der Waals surface area (Å²) in [5, 5.41) is 18.2. The van der Waals surface area contributed by atoms with E-state index in [0.29, 0.717) is 26.0 Å². The lowest BCUT2D eigenvalue weighted by Crippen LogP contribution is -2.42. The molecule has 6 nitrogen and oxygen atoms in total. The average Bonchev–Trinajstić information content (AvgIpc) is 2.76. The molecular formula is C13H23NO5. The van der Waals surface area contributed by atoms with Crippen LogP contribution in [0, 0.1) is 17.8 Å². The third kappa shape index (κ3) is 4.18. The SMILES string of the molecule is COCCN(CCO)C(=O)C1CC(C)CC1C(=O)O. The van der Waals surface area contributed by atoms with Crippen molar-refractivity contribution in [2.75, 3.05) is 33.4 Å². The number of nitrogens with zero attached hydrogens (tertiary/aromatic N) is 1. The van der Waals surface area contributed by atoms with E-state index in [2.05, 4.69) is 0 Å². The van der Waals surface area contributed by atoms with E-state index < -0.39 is 17.8 Å². The van der Waals surface area contributed by atoms with Crippen molar-refractivity contribution in [3.05, 3.63) is 0 Å². The molecule has 2 N–H and O–H groups in total. The first kappa shape index (κ1) is 15.9. The van der Waals surface area contributed by atoms with Gasteiger partial charge in [0.05, 0.1) is 25.0 Å². The Kier molecular flexibility index (Phi) is 6.24. The molecule has 1 fully saturated rings. The van der Waals surface area contributed by atoms with E-state index in [1.807, 2.05) is 6.92 Å². The first-order valence-electron chi connectivity index (χ1n) is 6.62. The van der Waals surface area contributed by atoms with E-state index in [-0.39, 0.29) is 25.0 Å². The van der Waals surface area contributed by atoms with Crippen LogP contribution in [0.25, 0.3) is 0 Å². The minimum atomic E-state index is -0.904. The third-order valence-corrected chi connectivity index (χ3v) is 3.68. The van der Waals surface area contributed by atoms with Gasteiger partial charge in [-0.3, -0.25) is 9.59 Å². The van der Waals surface area contributed by atoms with Gasteiger partial charge in [-0.25, -0.2) is 0 Å². The Labute approximate surface area is 113 Å². The van der Waals surface area contributed by atoms with E-state index >= 15 is 0 Å². The molecule has 19 heavy (non-hydrogen) atoms. The maximum atomic E-state index is 12.4. The Morgan fingerprint density at radius 3 is 2.42 bits per heavy atom. The van der Waals surface area contributed by atoms with Gasteiger partial charge in [0, 0.05) is 20.2 Å². The number of carboxylic acid groups (broad SMARTS) is 1. The summed E-state index contributed by atoms with van der Waals surface area (Å²) in [6.45, 7) is 2.82. The number of carbonyl (C=O) groups excluding carboxylic acids is 1. The van der Waals surface area contributed by atoms with Crippen molar-refractivity contribution in [2.45, 2.75) is 19.8 Å². The van der Waals surface area contributed by atoms with Gasteiger partial charge < -0.3 is 19.8 Å². The highest BCUT2D eigenvalue weighted by atomic mass is 16.5. The summed E-state index contributed by atoms with van der Waals surface area (Å²) in [6, 6.07) is 0. The van der Waals surface area contributed by atoms with Crippen LogP contribution in [0.2, 0.25) is 0 Å². The van der Waals surface area contributed by atoms with Gasteiger partial charge in [0.15, 0.2) is 0 Å². The average molecular weight is 273 g/mol. The zero-order valence-corrected chi connectivity index (χ0v) is 11.5. The predicted octanol–water partition coefficient (Wildman–Crippen LogP) is 0.201. The summed E-state index contributed by atoms with van der Waals surface area (Å²) in [7, 11) is 1.54.